The number of aryl methyl sites for hydroxylation is 1. The highest BCUT2D eigenvalue weighted by atomic mass is 32.2. The predicted octanol–water partition coefficient (Wildman–Crippen LogP) is 2.84. The molecule has 2 aliphatic rings. The average molecular weight is 614 g/mol. The van der Waals surface area contributed by atoms with Crippen LogP contribution in [-0.2, 0) is 31.9 Å². The summed E-state index contributed by atoms with van der Waals surface area (Å²) in [4.78, 5) is 19.2. The van der Waals surface area contributed by atoms with E-state index in [0.29, 0.717) is 50.4 Å². The number of phenols is 1. The van der Waals surface area contributed by atoms with Crippen molar-refractivity contribution in [1.82, 2.24) is 14.7 Å². The lowest BCUT2D eigenvalue weighted by atomic mass is 9.99. The summed E-state index contributed by atoms with van der Waals surface area (Å²) in [5.74, 6) is -0.547. The third kappa shape index (κ3) is 8.22. The molecule has 2 heterocycles. The van der Waals surface area contributed by atoms with Gasteiger partial charge in [-0.2, -0.15) is 13.2 Å². The second kappa shape index (κ2) is 13.3. The third-order valence-electron chi connectivity index (χ3n) is 7.79. The van der Waals surface area contributed by atoms with E-state index in [4.69, 9.17) is 9.47 Å². The molecule has 0 aromatic heterocycles. The number of phenolic OH excluding ortho intramolecular Hbond substituents is 1. The molecule has 0 saturated carbocycles. The first-order valence-corrected chi connectivity index (χ1v) is 15.7. The normalized spacial score (nSPS) is 21.0. The molecule has 2 saturated heterocycles. The van der Waals surface area contributed by atoms with Crippen molar-refractivity contribution in [2.24, 2.45) is 0 Å². The van der Waals surface area contributed by atoms with Crippen molar-refractivity contribution in [1.29, 1.82) is 0 Å². The maximum atomic E-state index is 13.8. The number of hydrogen-bond donors (Lipinski definition) is 1. The van der Waals surface area contributed by atoms with Crippen LogP contribution in [-0.4, -0.2) is 119 Å². The molecular formula is C29H38F3N3O6S. The van der Waals surface area contributed by atoms with E-state index in [2.05, 4.69) is 9.80 Å². The minimum absolute atomic E-state index is 0.00414. The van der Waals surface area contributed by atoms with Gasteiger partial charge in [-0.05, 0) is 48.7 Å². The van der Waals surface area contributed by atoms with E-state index >= 15 is 0 Å². The van der Waals surface area contributed by atoms with Gasteiger partial charge in [-0.15, -0.1) is 0 Å². The van der Waals surface area contributed by atoms with Crippen molar-refractivity contribution in [3.63, 3.8) is 0 Å². The molecular weight excluding hydrogens is 575 g/mol. The number of morpholine rings is 1. The number of sulfone groups is 1. The lowest BCUT2D eigenvalue weighted by Gasteiger charge is -2.43. The molecule has 0 bridgehead atoms. The van der Waals surface area contributed by atoms with Gasteiger partial charge >= 0.3 is 6.18 Å². The van der Waals surface area contributed by atoms with Gasteiger partial charge in [0, 0.05) is 70.8 Å². The van der Waals surface area contributed by atoms with Crippen LogP contribution in [0.25, 0.3) is 0 Å². The smallest absolute Gasteiger partial charge is 0.416 e. The average Bonchev–Trinajstić information content (AvgIpc) is 2.93. The number of ether oxygens (including phenoxy) is 2. The van der Waals surface area contributed by atoms with Crippen molar-refractivity contribution < 1.29 is 41.0 Å². The number of nitrogens with zero attached hydrogens (tertiary/aromatic N) is 3. The zero-order valence-electron chi connectivity index (χ0n) is 24.1. The number of rotatable bonds is 9. The van der Waals surface area contributed by atoms with E-state index in [1.807, 2.05) is 6.07 Å². The van der Waals surface area contributed by atoms with Crippen LogP contribution in [0.15, 0.2) is 41.3 Å². The number of benzene rings is 2. The number of piperazine rings is 1. The second-order valence-corrected chi connectivity index (χ2v) is 13.1. The quantitative estimate of drug-likeness (QED) is 0.461. The van der Waals surface area contributed by atoms with Gasteiger partial charge in [0.2, 0.25) is 0 Å². The molecule has 0 aliphatic carbocycles. The first-order valence-electron chi connectivity index (χ1n) is 13.8. The number of aromatic hydroxyl groups is 1. The number of carbonyl (C=O) groups is 1. The number of methoxy groups -OCH3 is 1. The van der Waals surface area contributed by atoms with Crippen LogP contribution in [0.2, 0.25) is 0 Å². The molecule has 42 heavy (non-hydrogen) atoms. The summed E-state index contributed by atoms with van der Waals surface area (Å²) in [5.41, 5.74) is -0.0385. The molecule has 2 aromatic carbocycles. The first-order chi connectivity index (χ1) is 19.7. The molecule has 232 valence electrons. The van der Waals surface area contributed by atoms with Crippen LogP contribution in [0.5, 0.6) is 5.75 Å². The maximum Gasteiger partial charge on any atom is 0.416 e. The Bertz CT molecular complexity index is 1370. The topological polar surface area (TPSA) is 99.6 Å². The highest BCUT2D eigenvalue weighted by molar-refractivity contribution is 7.90. The monoisotopic (exact) mass is 613 g/mol. The van der Waals surface area contributed by atoms with Gasteiger partial charge in [-0.1, -0.05) is 12.1 Å². The summed E-state index contributed by atoms with van der Waals surface area (Å²) >= 11 is 0. The van der Waals surface area contributed by atoms with Crippen molar-refractivity contribution in [2.45, 2.75) is 36.6 Å². The van der Waals surface area contributed by atoms with Crippen molar-refractivity contribution in [3.05, 3.63) is 58.7 Å². The fourth-order valence-corrected chi connectivity index (χ4v) is 6.12. The summed E-state index contributed by atoms with van der Waals surface area (Å²) < 4.78 is 76.3. The lowest BCUT2D eigenvalue weighted by molar-refractivity contribution is -0.137. The standard InChI is InChI=1S/C29H38F3N3O6S/c1-20-4-5-21(13-27(20)36)12-24-17-33(6-7-34-10-11-41-25(18-34)19-40-2)8-9-35(24)28(37)22-14-23(29(30,31)32)16-26(15-22)42(3,38)39/h4-5,13-16,24-25,36H,6-12,17-19H2,1-3H3/t24-,25+/m1/s1. The maximum absolute atomic E-state index is 13.8. The highest BCUT2D eigenvalue weighted by Gasteiger charge is 2.36. The Kier molecular flexibility index (Phi) is 10.2. The second-order valence-electron chi connectivity index (χ2n) is 11.0. The van der Waals surface area contributed by atoms with Crippen molar-refractivity contribution >= 4 is 15.7 Å². The van der Waals surface area contributed by atoms with Crippen LogP contribution in [0.1, 0.15) is 27.0 Å². The van der Waals surface area contributed by atoms with Gasteiger partial charge in [0.15, 0.2) is 9.84 Å². The molecule has 13 heteroatoms. The molecule has 0 spiro atoms. The van der Waals surface area contributed by atoms with Gasteiger partial charge in [-0.3, -0.25) is 14.6 Å². The largest absolute Gasteiger partial charge is 0.508 e. The molecule has 0 unspecified atom stereocenters. The Morgan fingerprint density at radius 1 is 1.07 bits per heavy atom. The molecule has 1 amide bonds. The van der Waals surface area contributed by atoms with E-state index < -0.39 is 38.4 Å². The van der Waals surface area contributed by atoms with Gasteiger partial charge in [-0.25, -0.2) is 8.42 Å². The van der Waals surface area contributed by atoms with E-state index in [9.17, 15) is 31.5 Å². The number of alkyl halides is 3. The number of halogens is 3. The van der Waals surface area contributed by atoms with E-state index in [0.717, 1.165) is 44.1 Å². The Morgan fingerprint density at radius 3 is 2.43 bits per heavy atom. The number of hydrogen-bond acceptors (Lipinski definition) is 8. The molecule has 2 fully saturated rings. The van der Waals surface area contributed by atoms with Crippen LogP contribution in [0.4, 0.5) is 13.2 Å². The SMILES string of the molecule is COC[C@@H]1CN(CCN2CCN(C(=O)c3cc(C(F)(F)F)cc(S(C)(=O)=O)c3)[C@H](Cc3ccc(C)c(O)c3)C2)CCO1. The predicted molar refractivity (Wildman–Crippen MR) is 150 cm³/mol. The molecule has 9 nitrogen and oxygen atoms in total. The minimum atomic E-state index is -4.82. The fraction of sp³-hybridized carbons (Fsp3) is 0.552. The van der Waals surface area contributed by atoms with E-state index in [1.54, 1.807) is 26.2 Å². The first kappa shape index (κ1) is 32.2. The number of carbonyl (C=O) groups excluding carboxylic acids is 1. The molecule has 1 N–H and O–H groups in total. The summed E-state index contributed by atoms with van der Waals surface area (Å²) in [7, 11) is -2.37. The van der Waals surface area contributed by atoms with Gasteiger partial charge < -0.3 is 19.5 Å². The molecule has 2 aromatic rings. The van der Waals surface area contributed by atoms with Crippen LogP contribution in [0, 0.1) is 6.92 Å². The molecule has 2 aliphatic heterocycles. The summed E-state index contributed by atoms with van der Waals surface area (Å²) in [6.07, 6.45) is -3.64. The summed E-state index contributed by atoms with van der Waals surface area (Å²) in [6.45, 7) is 7.16. The van der Waals surface area contributed by atoms with Crippen LogP contribution >= 0.6 is 0 Å². The molecule has 0 radical (unpaired) electrons. The van der Waals surface area contributed by atoms with Gasteiger partial charge in [0.1, 0.15) is 5.75 Å². The van der Waals surface area contributed by atoms with E-state index in [-0.39, 0.29) is 24.0 Å². The van der Waals surface area contributed by atoms with Gasteiger partial charge in [0.25, 0.3) is 5.91 Å². The minimum Gasteiger partial charge on any atom is -0.508 e. The summed E-state index contributed by atoms with van der Waals surface area (Å²) in [6, 6.07) is 7.13. The lowest BCUT2D eigenvalue weighted by Crippen LogP contribution is -2.57. The Hall–Kier alpha value is -2.71. The van der Waals surface area contributed by atoms with Crippen molar-refractivity contribution in [2.75, 3.05) is 72.4 Å². The Balaban J connectivity index is 1.57. The van der Waals surface area contributed by atoms with Gasteiger partial charge in [0.05, 0.1) is 29.8 Å². The molecule has 4 rings (SSSR count). The Morgan fingerprint density at radius 2 is 1.79 bits per heavy atom. The molecule has 2 atom stereocenters. The number of amides is 1. The van der Waals surface area contributed by atoms with Crippen LogP contribution in [0.3, 0.4) is 0 Å². The van der Waals surface area contributed by atoms with Crippen molar-refractivity contribution in [3.8, 4) is 5.75 Å². The zero-order chi connectivity index (χ0) is 30.7. The summed E-state index contributed by atoms with van der Waals surface area (Å²) in [5, 5.41) is 10.3. The van der Waals surface area contributed by atoms with E-state index in [1.165, 1.54) is 4.90 Å². The fourth-order valence-electron chi connectivity index (χ4n) is 5.44. The Labute approximate surface area is 244 Å². The van der Waals surface area contributed by atoms with Crippen LogP contribution < -0.4 is 0 Å². The highest BCUT2D eigenvalue weighted by Crippen LogP contribution is 2.33. The third-order valence-corrected chi connectivity index (χ3v) is 8.88. The zero-order valence-corrected chi connectivity index (χ0v) is 24.9.